The van der Waals surface area contributed by atoms with E-state index in [0.29, 0.717) is 21.3 Å². The summed E-state index contributed by atoms with van der Waals surface area (Å²) in [4.78, 5) is 33.1. The van der Waals surface area contributed by atoms with Crippen molar-refractivity contribution >= 4 is 56.8 Å². The van der Waals surface area contributed by atoms with Gasteiger partial charge in [-0.15, -0.1) is 0 Å². The van der Waals surface area contributed by atoms with Gasteiger partial charge < -0.3 is 10.6 Å². The molecule has 1 aromatic heterocycles. The number of halogens is 3. The second-order valence-electron chi connectivity index (χ2n) is 10.9. The van der Waals surface area contributed by atoms with Crippen LogP contribution in [0.2, 0.25) is 10.0 Å². The number of carbonyl (C=O) groups excluding carboxylic acids is 2. The van der Waals surface area contributed by atoms with Gasteiger partial charge in [-0.1, -0.05) is 59.6 Å². The molecule has 44 heavy (non-hydrogen) atoms. The second kappa shape index (κ2) is 11.2. The van der Waals surface area contributed by atoms with Gasteiger partial charge in [0.05, 0.1) is 11.9 Å². The Balaban J connectivity index is 1.42. The van der Waals surface area contributed by atoms with E-state index in [1.807, 2.05) is 24.3 Å². The number of hydrogen-bond donors (Lipinski definition) is 1. The Kier molecular flexibility index (Phi) is 7.65. The van der Waals surface area contributed by atoms with E-state index in [4.69, 9.17) is 28.9 Å². The van der Waals surface area contributed by atoms with Crippen LogP contribution in [-0.4, -0.2) is 65.3 Å². The highest BCUT2D eigenvalue weighted by molar-refractivity contribution is 7.89. The summed E-state index contributed by atoms with van der Waals surface area (Å²) in [6.45, 7) is 2.00. The summed E-state index contributed by atoms with van der Waals surface area (Å²) in [5.41, 5.74) is 6.51. The third-order valence-corrected chi connectivity index (χ3v) is 10.3. The highest BCUT2D eigenvalue weighted by Gasteiger charge is 2.52. The van der Waals surface area contributed by atoms with Crippen LogP contribution in [0.3, 0.4) is 0 Å². The highest BCUT2D eigenvalue weighted by Crippen LogP contribution is 2.45. The lowest BCUT2D eigenvalue weighted by atomic mass is 9.91. The lowest BCUT2D eigenvalue weighted by Crippen LogP contribution is -2.52. The molecular weight excluding hydrogens is 630 g/mol. The van der Waals surface area contributed by atoms with Crippen LogP contribution < -0.4 is 10.6 Å². The van der Waals surface area contributed by atoms with Crippen LogP contribution in [0.4, 0.5) is 20.8 Å². The molecule has 3 amide bonds. The maximum absolute atomic E-state index is 14.3. The Labute approximate surface area is 263 Å². The van der Waals surface area contributed by atoms with Gasteiger partial charge in [0.1, 0.15) is 11.4 Å². The molecule has 10 nitrogen and oxygen atoms in total. The lowest BCUT2D eigenvalue weighted by Gasteiger charge is -2.33. The van der Waals surface area contributed by atoms with E-state index in [-0.39, 0.29) is 49.4 Å². The van der Waals surface area contributed by atoms with Crippen molar-refractivity contribution in [3.05, 3.63) is 94.4 Å². The number of aromatic nitrogens is 2. The lowest BCUT2D eigenvalue weighted by molar-refractivity contribution is -0.124. The predicted octanol–water partition coefficient (Wildman–Crippen LogP) is 5.02. The van der Waals surface area contributed by atoms with Gasteiger partial charge in [-0.3, -0.25) is 9.36 Å². The number of urea groups is 1. The van der Waals surface area contributed by atoms with Crippen molar-refractivity contribution in [1.29, 1.82) is 0 Å². The van der Waals surface area contributed by atoms with Crippen molar-refractivity contribution in [2.75, 3.05) is 31.1 Å². The molecule has 3 heterocycles. The Morgan fingerprint density at radius 1 is 0.977 bits per heavy atom. The third-order valence-electron chi connectivity index (χ3n) is 7.99. The minimum Gasteiger partial charge on any atom is -0.351 e. The summed E-state index contributed by atoms with van der Waals surface area (Å²) >= 11 is 12.6. The van der Waals surface area contributed by atoms with Gasteiger partial charge in [0.25, 0.3) is 15.9 Å². The maximum atomic E-state index is 14.3. The van der Waals surface area contributed by atoms with Crippen LogP contribution in [0, 0.1) is 5.82 Å². The average molecular weight is 658 g/mol. The van der Waals surface area contributed by atoms with E-state index in [9.17, 15) is 22.4 Å². The molecule has 3 aromatic carbocycles. The van der Waals surface area contributed by atoms with Crippen molar-refractivity contribution in [1.82, 2.24) is 18.8 Å². The first kappa shape index (κ1) is 30.1. The minimum atomic E-state index is -4.16. The molecule has 0 unspecified atom stereocenters. The molecule has 0 spiro atoms. The molecule has 4 aromatic rings. The zero-order valence-corrected chi connectivity index (χ0v) is 25.8. The Morgan fingerprint density at radius 2 is 1.64 bits per heavy atom. The largest absolute Gasteiger partial charge is 0.351 e. The monoisotopic (exact) mass is 656 g/mol. The summed E-state index contributed by atoms with van der Waals surface area (Å²) in [7, 11) is -4.16. The van der Waals surface area contributed by atoms with Gasteiger partial charge in [0, 0.05) is 42.6 Å². The molecular formula is C30H27Cl2FN6O4S. The number of primary amides is 1. The fourth-order valence-corrected chi connectivity index (χ4v) is 7.90. The molecule has 14 heteroatoms. The normalized spacial score (nSPS) is 19.0. The number of anilines is 2. The Morgan fingerprint density at radius 3 is 2.25 bits per heavy atom. The first-order valence-corrected chi connectivity index (χ1v) is 15.9. The van der Waals surface area contributed by atoms with Crippen molar-refractivity contribution in [2.24, 2.45) is 5.73 Å². The van der Waals surface area contributed by atoms with E-state index < -0.39 is 27.5 Å². The minimum absolute atomic E-state index is 0.0333. The quantitative estimate of drug-likeness (QED) is 0.312. The van der Waals surface area contributed by atoms with E-state index >= 15 is 0 Å². The van der Waals surface area contributed by atoms with Crippen molar-refractivity contribution < 1.29 is 22.4 Å². The number of nitrogens with zero attached hydrogens (tertiary/aromatic N) is 5. The van der Waals surface area contributed by atoms with Crippen LogP contribution >= 0.6 is 23.2 Å². The van der Waals surface area contributed by atoms with E-state index in [1.54, 1.807) is 31.2 Å². The summed E-state index contributed by atoms with van der Waals surface area (Å²) in [6.07, 6.45) is 1.35. The number of amides is 3. The number of imidazole rings is 1. The molecule has 0 radical (unpaired) electrons. The average Bonchev–Trinajstić information content (AvgIpc) is 3.51. The molecule has 1 fully saturated rings. The molecule has 2 aliphatic rings. The molecule has 2 N–H and O–H groups in total. The number of hydrogen-bond acceptors (Lipinski definition) is 5. The highest BCUT2D eigenvalue weighted by atomic mass is 35.5. The first-order valence-electron chi connectivity index (χ1n) is 13.7. The number of benzene rings is 3. The van der Waals surface area contributed by atoms with Gasteiger partial charge in [0.15, 0.2) is 5.03 Å². The maximum Gasteiger partial charge on any atom is 0.314 e. The van der Waals surface area contributed by atoms with Gasteiger partial charge >= 0.3 is 6.03 Å². The van der Waals surface area contributed by atoms with Crippen LogP contribution in [0.5, 0.6) is 0 Å². The second-order valence-corrected chi connectivity index (χ2v) is 13.6. The summed E-state index contributed by atoms with van der Waals surface area (Å²) < 4.78 is 44.6. The fourth-order valence-electron chi connectivity index (χ4n) is 5.78. The van der Waals surface area contributed by atoms with Gasteiger partial charge in [0.2, 0.25) is 5.95 Å². The predicted molar refractivity (Wildman–Crippen MR) is 165 cm³/mol. The van der Waals surface area contributed by atoms with Gasteiger partial charge in [-0.2, -0.15) is 4.31 Å². The van der Waals surface area contributed by atoms with Crippen LogP contribution in [-0.2, 0) is 26.8 Å². The number of carbonyl (C=O) groups is 2. The molecule has 2 aliphatic heterocycles. The molecule has 0 bridgehead atoms. The van der Waals surface area contributed by atoms with E-state index in [0.717, 1.165) is 11.1 Å². The summed E-state index contributed by atoms with van der Waals surface area (Å²) in [5.74, 6) is -0.682. The van der Waals surface area contributed by atoms with Gasteiger partial charge in [-0.05, 0) is 53.9 Å². The fraction of sp³-hybridized carbons (Fsp3) is 0.233. The molecule has 6 rings (SSSR count). The van der Waals surface area contributed by atoms with E-state index in [1.165, 1.54) is 43.1 Å². The molecule has 228 valence electrons. The molecule has 1 atom stereocenters. The SMILES string of the molecule is C[C@@]1(Cc2ccc(-c3cccc(F)c3)cc2)C(=O)N(c2cc(Cl)cc(Cl)c2)c2ncc(S(=O)(=O)N3CCN(C(N)=O)CC3)n21. The zero-order chi connectivity index (χ0) is 31.4. The van der Waals surface area contributed by atoms with Crippen molar-refractivity contribution in [3.63, 3.8) is 0 Å². The molecule has 0 saturated carbocycles. The van der Waals surface area contributed by atoms with Gasteiger partial charge in [-0.25, -0.2) is 27.5 Å². The summed E-state index contributed by atoms with van der Waals surface area (Å²) in [5, 5.41) is 0.420. The van der Waals surface area contributed by atoms with Crippen LogP contribution in [0.15, 0.2) is 78.0 Å². The Hall–Kier alpha value is -3.97. The van der Waals surface area contributed by atoms with Crippen molar-refractivity contribution in [2.45, 2.75) is 23.9 Å². The smallest absolute Gasteiger partial charge is 0.314 e. The zero-order valence-electron chi connectivity index (χ0n) is 23.5. The third kappa shape index (κ3) is 5.21. The van der Waals surface area contributed by atoms with E-state index in [2.05, 4.69) is 4.98 Å². The number of piperazine rings is 1. The van der Waals surface area contributed by atoms with Crippen LogP contribution in [0.25, 0.3) is 11.1 Å². The number of nitrogens with two attached hydrogens (primary N) is 1. The standard InChI is InChI=1S/C30H27Cl2FN6O4S/c1-30(17-19-5-7-20(8-6-19)21-3-2-4-24(33)13-21)27(40)38(25-15-22(31)14-23(32)16-25)29-35-18-26(39(29)30)44(42,43)37-11-9-36(10-12-37)28(34)41/h2-8,13-16,18H,9-12,17H2,1H3,(H2,34,41)/t30-/m1/s1. The van der Waals surface area contributed by atoms with Crippen LogP contribution in [0.1, 0.15) is 12.5 Å². The molecule has 1 saturated heterocycles. The summed E-state index contributed by atoms with van der Waals surface area (Å²) in [6, 6.07) is 17.6. The van der Waals surface area contributed by atoms with Crippen molar-refractivity contribution in [3.8, 4) is 11.1 Å². The first-order chi connectivity index (χ1) is 20.9. The Bertz CT molecular complexity index is 1870. The molecule has 0 aliphatic carbocycles. The number of fused-ring (bicyclic) bond motifs is 1. The number of sulfonamides is 1. The number of rotatable bonds is 6. The topological polar surface area (TPSA) is 122 Å².